The summed E-state index contributed by atoms with van der Waals surface area (Å²) in [6, 6.07) is 10.0. The van der Waals surface area contributed by atoms with Gasteiger partial charge in [0.05, 0.1) is 29.9 Å². The van der Waals surface area contributed by atoms with Gasteiger partial charge in [-0.3, -0.25) is 9.10 Å². The fourth-order valence-corrected chi connectivity index (χ4v) is 5.29. The van der Waals surface area contributed by atoms with Gasteiger partial charge in [0.25, 0.3) is 5.91 Å². The average Bonchev–Trinajstić information content (AvgIpc) is 3.36. The fourth-order valence-electron chi connectivity index (χ4n) is 3.67. The minimum atomic E-state index is -3.66. The Hall–Kier alpha value is -3.29. The van der Waals surface area contributed by atoms with Crippen LogP contribution in [0.2, 0.25) is 0 Å². The molecule has 0 aliphatic rings. The molecule has 2 aromatic carbocycles. The van der Waals surface area contributed by atoms with E-state index >= 15 is 0 Å². The van der Waals surface area contributed by atoms with E-state index < -0.39 is 38.1 Å². The third kappa shape index (κ3) is 7.89. The van der Waals surface area contributed by atoms with Crippen molar-refractivity contribution < 1.29 is 22.2 Å². The summed E-state index contributed by atoms with van der Waals surface area (Å²) < 4.78 is 57.4. The summed E-state index contributed by atoms with van der Waals surface area (Å²) in [4.78, 5) is 13.3. The Kier molecular flexibility index (Phi) is 9.75. The second-order valence-corrected chi connectivity index (χ2v) is 14.2. The van der Waals surface area contributed by atoms with Gasteiger partial charge in [-0.15, -0.1) is 5.10 Å². The van der Waals surface area contributed by atoms with E-state index in [0.29, 0.717) is 29.1 Å². The van der Waals surface area contributed by atoms with Crippen LogP contribution in [0.4, 0.5) is 10.1 Å². The molecule has 1 aromatic heterocycles. The van der Waals surface area contributed by atoms with Crippen molar-refractivity contribution in [1.29, 1.82) is 0 Å². The van der Waals surface area contributed by atoms with Gasteiger partial charge in [0.1, 0.15) is 33.3 Å². The highest BCUT2D eigenvalue weighted by Gasteiger charge is 2.27. The molecule has 1 N–H and O–H groups in total. The zero-order valence-electron chi connectivity index (χ0n) is 23.7. The first kappa shape index (κ1) is 31.2. The predicted octanol–water partition coefficient (Wildman–Crippen LogP) is 4.34. The third-order valence-corrected chi connectivity index (χ3v) is 8.55. The molecule has 216 valence electrons. The van der Waals surface area contributed by atoms with E-state index in [4.69, 9.17) is 0 Å². The maximum absolute atomic E-state index is 13.4. The van der Waals surface area contributed by atoms with Crippen molar-refractivity contribution in [3.63, 3.8) is 0 Å². The number of carbonyl (C=O) groups is 1. The number of rotatable bonds is 10. The van der Waals surface area contributed by atoms with E-state index in [1.54, 1.807) is 44.3 Å². The highest BCUT2D eigenvalue weighted by molar-refractivity contribution is 7.92. The summed E-state index contributed by atoms with van der Waals surface area (Å²) in [5.74, 6) is -0.836. The largest absolute Gasteiger partial charge is 0.591 e. The Morgan fingerprint density at radius 2 is 1.88 bits per heavy atom. The Labute approximate surface area is 238 Å². The predicted molar refractivity (Wildman–Crippen MR) is 156 cm³/mol. The molecule has 3 rings (SSSR count). The van der Waals surface area contributed by atoms with E-state index in [1.807, 2.05) is 27.7 Å². The summed E-state index contributed by atoms with van der Waals surface area (Å²) >= 11 is -1.49. The minimum absolute atomic E-state index is 0.197. The Balaban J connectivity index is 2.04. The number of nitrogens with zero attached hydrogens (tertiary/aromatic N) is 5. The maximum atomic E-state index is 13.4. The third-order valence-electron chi connectivity index (χ3n) is 5.87. The molecule has 0 radical (unpaired) electrons. The van der Waals surface area contributed by atoms with Crippen molar-refractivity contribution in [1.82, 2.24) is 20.3 Å². The lowest BCUT2D eigenvalue weighted by Crippen LogP contribution is -2.31. The van der Waals surface area contributed by atoms with Gasteiger partial charge in [-0.25, -0.2) is 17.5 Å². The molecule has 0 bridgehead atoms. The van der Waals surface area contributed by atoms with Crippen LogP contribution in [0.25, 0.3) is 5.69 Å². The van der Waals surface area contributed by atoms with Crippen LogP contribution in [0.3, 0.4) is 0 Å². The second-order valence-electron chi connectivity index (χ2n) is 10.4. The molecule has 0 aliphatic heterocycles. The van der Waals surface area contributed by atoms with Crippen molar-refractivity contribution >= 4 is 38.7 Å². The molecular formula is C27H35FN6O4S2. The van der Waals surface area contributed by atoms with Crippen molar-refractivity contribution in [2.24, 2.45) is 4.40 Å². The average molecular weight is 591 g/mol. The van der Waals surface area contributed by atoms with Crippen LogP contribution in [0.1, 0.15) is 75.6 Å². The van der Waals surface area contributed by atoms with Gasteiger partial charge >= 0.3 is 0 Å². The molecule has 0 fully saturated rings. The number of carbonyl (C=O) groups excluding carboxylic acids is 1. The smallest absolute Gasteiger partial charge is 0.251 e. The van der Waals surface area contributed by atoms with Gasteiger partial charge in [-0.05, 0) is 76.9 Å². The van der Waals surface area contributed by atoms with Gasteiger partial charge in [-0.1, -0.05) is 28.7 Å². The Bertz CT molecular complexity index is 1480. The van der Waals surface area contributed by atoms with E-state index in [0.717, 1.165) is 6.26 Å². The first-order valence-electron chi connectivity index (χ1n) is 12.7. The summed E-state index contributed by atoms with van der Waals surface area (Å²) in [5.41, 5.74) is 2.39. The van der Waals surface area contributed by atoms with Crippen LogP contribution in [-0.4, -0.2) is 57.1 Å². The summed E-state index contributed by atoms with van der Waals surface area (Å²) in [6.45, 7) is 11.0. The number of amides is 1. The topological polar surface area (TPSA) is 133 Å². The molecule has 3 aromatic rings. The SMILES string of the molecule is CCCN(c1cc(C(=O)N[C@H](C)c2ccc(F)cc2)cc(-n2cc(/C(C)=N/[S+]([O-])C(C)(C)C)nn2)c1)S(C)(=O)=O. The summed E-state index contributed by atoms with van der Waals surface area (Å²) in [7, 11) is -3.66. The van der Waals surface area contributed by atoms with Gasteiger partial charge in [0.15, 0.2) is 0 Å². The molecule has 2 atom stereocenters. The maximum Gasteiger partial charge on any atom is 0.251 e. The van der Waals surface area contributed by atoms with E-state index in [1.165, 1.54) is 27.2 Å². The van der Waals surface area contributed by atoms with Crippen LogP contribution in [0.15, 0.2) is 53.1 Å². The number of halogens is 1. The number of aromatic nitrogens is 3. The molecule has 0 saturated heterocycles. The van der Waals surface area contributed by atoms with Gasteiger partial charge in [0.2, 0.25) is 10.0 Å². The van der Waals surface area contributed by atoms with Crippen molar-refractivity contribution in [2.45, 2.75) is 58.8 Å². The van der Waals surface area contributed by atoms with Gasteiger partial charge in [-0.2, -0.15) is 0 Å². The number of hydrogen-bond donors (Lipinski definition) is 1. The van der Waals surface area contributed by atoms with Crippen LogP contribution in [0.5, 0.6) is 0 Å². The fraction of sp³-hybridized carbons (Fsp3) is 0.407. The van der Waals surface area contributed by atoms with Crippen LogP contribution >= 0.6 is 0 Å². The monoisotopic (exact) mass is 590 g/mol. The molecule has 1 amide bonds. The van der Waals surface area contributed by atoms with E-state index in [-0.39, 0.29) is 23.6 Å². The molecule has 1 unspecified atom stereocenters. The van der Waals surface area contributed by atoms with Gasteiger partial charge in [0, 0.05) is 12.1 Å². The molecule has 1 heterocycles. The van der Waals surface area contributed by atoms with E-state index in [9.17, 15) is 22.2 Å². The van der Waals surface area contributed by atoms with Crippen molar-refractivity contribution in [2.75, 3.05) is 17.1 Å². The van der Waals surface area contributed by atoms with Crippen LogP contribution < -0.4 is 9.62 Å². The van der Waals surface area contributed by atoms with Crippen LogP contribution in [-0.2, 0) is 21.4 Å². The molecule has 13 heteroatoms. The Morgan fingerprint density at radius 1 is 1.23 bits per heavy atom. The normalized spacial score (nSPS) is 14.1. The zero-order chi connectivity index (χ0) is 29.8. The number of benzene rings is 2. The molecular weight excluding hydrogens is 555 g/mol. The van der Waals surface area contributed by atoms with E-state index in [2.05, 4.69) is 20.0 Å². The molecule has 10 nitrogen and oxygen atoms in total. The zero-order valence-corrected chi connectivity index (χ0v) is 25.3. The lowest BCUT2D eigenvalue weighted by molar-refractivity contribution is 0.0940. The summed E-state index contributed by atoms with van der Waals surface area (Å²) in [6.07, 6.45) is 3.23. The lowest BCUT2D eigenvalue weighted by Gasteiger charge is -2.23. The second kappa shape index (κ2) is 12.5. The molecule has 40 heavy (non-hydrogen) atoms. The van der Waals surface area contributed by atoms with Crippen molar-refractivity contribution in [3.8, 4) is 5.69 Å². The van der Waals surface area contributed by atoms with Crippen LogP contribution in [0, 0.1) is 5.82 Å². The van der Waals surface area contributed by atoms with Crippen molar-refractivity contribution in [3.05, 3.63) is 71.3 Å². The quantitative estimate of drug-likeness (QED) is 0.276. The highest BCUT2D eigenvalue weighted by Crippen LogP contribution is 2.25. The first-order chi connectivity index (χ1) is 18.6. The number of nitrogens with one attached hydrogen (secondary N) is 1. The first-order valence-corrected chi connectivity index (χ1v) is 15.6. The number of hydrogen-bond acceptors (Lipinski definition) is 7. The molecule has 0 spiro atoms. The molecule has 0 saturated carbocycles. The molecule has 0 aliphatic carbocycles. The lowest BCUT2D eigenvalue weighted by atomic mass is 10.1. The number of sulfonamides is 1. The highest BCUT2D eigenvalue weighted by atomic mass is 32.2. The standard InChI is InChI=1S/C27H35FN6O4S2/c1-8-13-34(40(7,37)38)24-15-21(26(35)29-18(2)20-9-11-22(28)12-10-20)14-23(16-24)33-17-25(30-32-33)19(3)31-39(36)27(4,5)6/h9-12,14-18H,8,13H2,1-7H3,(H,29,35)/b31-19+/t18-,39?/m1/s1. The van der Waals surface area contributed by atoms with Gasteiger partial charge < -0.3 is 9.87 Å². The number of anilines is 1. The summed E-state index contributed by atoms with van der Waals surface area (Å²) in [5, 5.41) is 11.2. The Morgan fingerprint density at radius 3 is 2.45 bits per heavy atom. The minimum Gasteiger partial charge on any atom is -0.591 e.